The molecule has 5 rings (SSSR count). The van der Waals surface area contributed by atoms with E-state index in [1.165, 1.54) is 4.90 Å². The smallest absolute Gasteiger partial charge is 0.295 e. The number of hydrogen-bond donors (Lipinski definition) is 1. The zero-order chi connectivity index (χ0) is 23.7. The van der Waals surface area contributed by atoms with E-state index in [-0.39, 0.29) is 17.9 Å². The number of carbonyl (C=O) groups excluding carboxylic acids is 2. The minimum Gasteiger partial charge on any atom is -0.507 e. The molecule has 1 atom stereocenters. The maximum Gasteiger partial charge on any atom is 0.295 e. The van der Waals surface area contributed by atoms with Crippen molar-refractivity contribution in [3.63, 3.8) is 0 Å². The molecule has 0 saturated carbocycles. The largest absolute Gasteiger partial charge is 0.507 e. The van der Waals surface area contributed by atoms with Crippen molar-refractivity contribution >= 4 is 17.4 Å². The minimum atomic E-state index is -0.709. The molecule has 0 radical (unpaired) electrons. The summed E-state index contributed by atoms with van der Waals surface area (Å²) in [6, 6.07) is 21.6. The number of carbonyl (C=O) groups is 2. The monoisotopic (exact) mass is 455 g/mol. The molecule has 1 saturated heterocycles. The third-order valence-corrected chi connectivity index (χ3v) is 6.26. The molecule has 1 fully saturated rings. The molecule has 0 bridgehead atoms. The van der Waals surface area contributed by atoms with Gasteiger partial charge in [-0.1, -0.05) is 61.5 Å². The fourth-order valence-electron chi connectivity index (χ4n) is 4.45. The number of ketones is 1. The molecule has 1 amide bonds. The summed E-state index contributed by atoms with van der Waals surface area (Å²) in [5.41, 5.74) is 3.29. The Kier molecular flexibility index (Phi) is 5.80. The minimum absolute atomic E-state index is 0.0712. The van der Waals surface area contributed by atoms with Crippen LogP contribution in [0, 0.1) is 0 Å². The zero-order valence-electron chi connectivity index (χ0n) is 18.9. The molecule has 2 aliphatic heterocycles. The highest BCUT2D eigenvalue weighted by Gasteiger charge is 2.46. The second-order valence-corrected chi connectivity index (χ2v) is 8.37. The summed E-state index contributed by atoms with van der Waals surface area (Å²) in [5, 5.41) is 11.3. The molecule has 1 unspecified atom stereocenters. The summed E-state index contributed by atoms with van der Waals surface area (Å²) in [6.07, 6.45) is 0.877. The first kappa shape index (κ1) is 21.8. The SMILES string of the molecule is CCc1ccc(C2C(=C(O)c3ccc4c(c3)OCCO4)C(=O)C(=O)N2Cc2ccccc2)cc1. The van der Waals surface area contributed by atoms with Gasteiger partial charge in [0.15, 0.2) is 11.5 Å². The van der Waals surface area contributed by atoms with E-state index in [1.807, 2.05) is 54.6 Å². The van der Waals surface area contributed by atoms with Crippen LogP contribution in [0.3, 0.4) is 0 Å². The van der Waals surface area contributed by atoms with Crippen LogP contribution < -0.4 is 9.47 Å². The number of fused-ring (bicyclic) bond motifs is 1. The van der Waals surface area contributed by atoms with E-state index >= 15 is 0 Å². The van der Waals surface area contributed by atoms with Crippen LogP contribution in [0.5, 0.6) is 11.5 Å². The van der Waals surface area contributed by atoms with Crippen LogP contribution in [0.25, 0.3) is 5.76 Å². The maximum atomic E-state index is 13.3. The van der Waals surface area contributed by atoms with Crippen LogP contribution in [0.2, 0.25) is 0 Å². The molecule has 6 heteroatoms. The lowest BCUT2D eigenvalue weighted by Crippen LogP contribution is -2.29. The molecule has 2 heterocycles. The van der Waals surface area contributed by atoms with Gasteiger partial charge in [0.1, 0.15) is 19.0 Å². The number of ether oxygens (including phenoxy) is 2. The van der Waals surface area contributed by atoms with E-state index in [9.17, 15) is 14.7 Å². The average Bonchev–Trinajstić information content (AvgIpc) is 3.13. The lowest BCUT2D eigenvalue weighted by Gasteiger charge is -2.26. The van der Waals surface area contributed by atoms with Gasteiger partial charge in [0.05, 0.1) is 11.6 Å². The first-order valence-corrected chi connectivity index (χ1v) is 11.4. The Balaban J connectivity index is 1.62. The van der Waals surface area contributed by atoms with E-state index < -0.39 is 17.7 Å². The molecular formula is C28H25NO5. The molecule has 34 heavy (non-hydrogen) atoms. The van der Waals surface area contributed by atoms with Gasteiger partial charge in [-0.25, -0.2) is 0 Å². The first-order valence-electron chi connectivity index (χ1n) is 11.4. The zero-order valence-corrected chi connectivity index (χ0v) is 18.9. The number of aliphatic hydroxyl groups is 1. The van der Waals surface area contributed by atoms with E-state index in [0.717, 1.165) is 23.1 Å². The Labute approximate surface area is 198 Å². The van der Waals surface area contributed by atoms with Crippen LogP contribution in [-0.4, -0.2) is 34.9 Å². The van der Waals surface area contributed by atoms with Gasteiger partial charge in [-0.15, -0.1) is 0 Å². The number of hydrogen-bond acceptors (Lipinski definition) is 5. The van der Waals surface area contributed by atoms with E-state index in [4.69, 9.17) is 9.47 Å². The predicted octanol–water partition coefficient (Wildman–Crippen LogP) is 4.64. The lowest BCUT2D eigenvalue weighted by molar-refractivity contribution is -0.140. The van der Waals surface area contributed by atoms with Crippen LogP contribution in [0.1, 0.15) is 35.2 Å². The number of Topliss-reactive ketones (excluding diaryl/α,β-unsaturated/α-hetero) is 1. The van der Waals surface area contributed by atoms with Crippen molar-refractivity contribution in [3.8, 4) is 11.5 Å². The number of rotatable bonds is 5. The number of amides is 1. The van der Waals surface area contributed by atoms with Crippen LogP contribution in [0.4, 0.5) is 0 Å². The normalized spacial score (nSPS) is 18.9. The molecule has 3 aromatic carbocycles. The number of nitrogens with zero attached hydrogens (tertiary/aromatic N) is 1. The van der Waals surface area contributed by atoms with Gasteiger partial charge in [-0.2, -0.15) is 0 Å². The molecule has 2 aliphatic rings. The summed E-state index contributed by atoms with van der Waals surface area (Å²) >= 11 is 0. The highest BCUT2D eigenvalue weighted by atomic mass is 16.6. The van der Waals surface area contributed by atoms with E-state index in [1.54, 1.807) is 18.2 Å². The molecular weight excluding hydrogens is 430 g/mol. The fourth-order valence-corrected chi connectivity index (χ4v) is 4.45. The topological polar surface area (TPSA) is 76.1 Å². The van der Waals surface area contributed by atoms with Crippen molar-refractivity contribution in [2.75, 3.05) is 13.2 Å². The Hall–Kier alpha value is -4.06. The molecule has 3 aromatic rings. The van der Waals surface area contributed by atoms with E-state index in [0.29, 0.717) is 30.3 Å². The third-order valence-electron chi connectivity index (χ3n) is 6.26. The third kappa shape index (κ3) is 3.92. The van der Waals surface area contributed by atoms with Gasteiger partial charge in [-0.05, 0) is 41.3 Å². The fraction of sp³-hybridized carbons (Fsp3) is 0.214. The second kappa shape index (κ2) is 9.06. The second-order valence-electron chi connectivity index (χ2n) is 8.37. The summed E-state index contributed by atoms with van der Waals surface area (Å²) < 4.78 is 11.2. The Morgan fingerprint density at radius 3 is 2.32 bits per heavy atom. The molecule has 0 aromatic heterocycles. The van der Waals surface area contributed by atoms with Crippen molar-refractivity contribution in [2.45, 2.75) is 25.9 Å². The lowest BCUT2D eigenvalue weighted by atomic mass is 9.94. The van der Waals surface area contributed by atoms with Crippen LogP contribution in [0.15, 0.2) is 78.4 Å². The summed E-state index contributed by atoms with van der Waals surface area (Å²) in [6.45, 7) is 3.18. The molecule has 172 valence electrons. The molecule has 0 spiro atoms. The molecule has 1 N–H and O–H groups in total. The maximum absolute atomic E-state index is 13.3. The standard InChI is InChI=1S/C28H25NO5/c1-2-18-8-10-20(11-9-18)25-24(26(30)21-12-13-22-23(16-21)34-15-14-33-22)27(31)28(32)29(25)17-19-6-4-3-5-7-19/h3-13,16,25,30H,2,14-15,17H2,1H3. The van der Waals surface area contributed by atoms with Gasteiger partial charge in [0.2, 0.25) is 0 Å². The summed E-state index contributed by atoms with van der Waals surface area (Å²) in [7, 11) is 0. The van der Waals surface area contributed by atoms with Gasteiger partial charge in [0, 0.05) is 12.1 Å². The first-order chi connectivity index (χ1) is 16.6. The average molecular weight is 456 g/mol. The summed E-state index contributed by atoms with van der Waals surface area (Å²) in [4.78, 5) is 28.0. The van der Waals surface area contributed by atoms with Crippen molar-refractivity contribution < 1.29 is 24.2 Å². The molecule has 0 aliphatic carbocycles. The highest BCUT2D eigenvalue weighted by molar-refractivity contribution is 6.46. The van der Waals surface area contributed by atoms with Crippen LogP contribution >= 0.6 is 0 Å². The van der Waals surface area contributed by atoms with Crippen molar-refractivity contribution in [3.05, 3.63) is 101 Å². The Morgan fingerprint density at radius 1 is 0.912 bits per heavy atom. The van der Waals surface area contributed by atoms with E-state index in [2.05, 4.69) is 6.92 Å². The number of aryl methyl sites for hydroxylation is 1. The number of likely N-dealkylation sites (tertiary alicyclic amines) is 1. The predicted molar refractivity (Wildman–Crippen MR) is 128 cm³/mol. The van der Waals surface area contributed by atoms with Crippen LogP contribution in [-0.2, 0) is 22.6 Å². The Morgan fingerprint density at radius 2 is 1.62 bits per heavy atom. The number of benzene rings is 3. The van der Waals surface area contributed by atoms with Gasteiger partial charge < -0.3 is 19.5 Å². The summed E-state index contributed by atoms with van der Waals surface area (Å²) in [5.74, 6) is -0.479. The number of aliphatic hydroxyl groups excluding tert-OH is 1. The van der Waals surface area contributed by atoms with Crippen molar-refractivity contribution in [2.24, 2.45) is 0 Å². The molecule has 6 nitrogen and oxygen atoms in total. The Bertz CT molecular complexity index is 1260. The van der Waals surface area contributed by atoms with Crippen molar-refractivity contribution in [1.29, 1.82) is 0 Å². The van der Waals surface area contributed by atoms with Crippen molar-refractivity contribution in [1.82, 2.24) is 4.90 Å². The van der Waals surface area contributed by atoms with Gasteiger partial charge in [-0.3, -0.25) is 9.59 Å². The van der Waals surface area contributed by atoms with Gasteiger partial charge in [0.25, 0.3) is 11.7 Å². The van der Waals surface area contributed by atoms with Gasteiger partial charge >= 0.3 is 0 Å². The highest BCUT2D eigenvalue weighted by Crippen LogP contribution is 2.41. The quantitative estimate of drug-likeness (QED) is 0.345.